The van der Waals surface area contributed by atoms with Gasteiger partial charge >= 0.3 is 0 Å². The van der Waals surface area contributed by atoms with Gasteiger partial charge in [-0.2, -0.15) is 0 Å². The molecule has 1 aromatic heterocycles. The topological polar surface area (TPSA) is 26.3 Å². The van der Waals surface area contributed by atoms with Crippen molar-refractivity contribution in [2.24, 2.45) is 0 Å². The Morgan fingerprint density at radius 3 is 2.89 bits per heavy atom. The Morgan fingerprint density at radius 2 is 2.17 bits per heavy atom. The third-order valence-electron chi connectivity index (χ3n) is 3.19. The number of aryl methyl sites for hydroxylation is 1. The molecule has 1 aliphatic heterocycles. The molecular weight excluding hydrogens is 244 g/mol. The molecule has 0 saturated carbocycles. The molecule has 1 aromatic carbocycles. The minimum atomic E-state index is -0.342. The molecule has 3 heteroatoms. The van der Waals surface area contributed by atoms with Crippen LogP contribution in [0.1, 0.15) is 27.0 Å². The van der Waals surface area contributed by atoms with Gasteiger partial charge in [0.05, 0.1) is 4.88 Å². The van der Waals surface area contributed by atoms with Crippen LogP contribution in [0.2, 0.25) is 0 Å². The molecule has 0 fully saturated rings. The molecule has 0 bridgehead atoms. The van der Waals surface area contributed by atoms with Crippen LogP contribution in [0.15, 0.2) is 36.4 Å². The Morgan fingerprint density at radius 1 is 1.33 bits per heavy atom. The van der Waals surface area contributed by atoms with Crippen LogP contribution in [0, 0.1) is 0 Å². The summed E-state index contributed by atoms with van der Waals surface area (Å²) in [4.78, 5) is 14.4. The molecule has 2 heterocycles. The molecule has 0 radical (unpaired) electrons. The fourth-order valence-electron chi connectivity index (χ4n) is 2.19. The van der Waals surface area contributed by atoms with E-state index in [4.69, 9.17) is 4.74 Å². The summed E-state index contributed by atoms with van der Waals surface area (Å²) in [6.45, 7) is 2.10. The molecule has 0 N–H and O–H groups in total. The lowest BCUT2D eigenvalue weighted by Gasteiger charge is -2.07. The predicted molar refractivity (Wildman–Crippen MR) is 72.6 cm³/mol. The van der Waals surface area contributed by atoms with Gasteiger partial charge < -0.3 is 4.74 Å². The lowest BCUT2D eigenvalue weighted by Crippen LogP contribution is -2.24. The van der Waals surface area contributed by atoms with E-state index in [2.05, 4.69) is 6.92 Å². The van der Waals surface area contributed by atoms with E-state index in [0.717, 1.165) is 22.6 Å². The third kappa shape index (κ3) is 1.95. The first-order valence-corrected chi connectivity index (χ1v) is 6.97. The van der Waals surface area contributed by atoms with E-state index in [1.807, 2.05) is 36.4 Å². The average molecular weight is 258 g/mol. The van der Waals surface area contributed by atoms with Crippen LogP contribution < -0.4 is 4.74 Å². The number of fused-ring (bicyclic) bond motifs is 1. The molecule has 2 nitrogen and oxygen atoms in total. The van der Waals surface area contributed by atoms with Crippen LogP contribution in [0.3, 0.4) is 0 Å². The van der Waals surface area contributed by atoms with Crippen LogP contribution in [0.25, 0.3) is 0 Å². The second-order valence-electron chi connectivity index (χ2n) is 4.40. The number of Topliss-reactive ketones (excluding diaryl/α,β-unsaturated/α-hetero) is 1. The molecule has 3 rings (SSSR count). The molecule has 1 atom stereocenters. The number of ketones is 1. The lowest BCUT2D eigenvalue weighted by atomic mass is 10.1. The highest BCUT2D eigenvalue weighted by Gasteiger charge is 2.30. The third-order valence-corrected chi connectivity index (χ3v) is 4.44. The molecule has 1 aliphatic rings. The predicted octanol–water partition coefficient (Wildman–Crippen LogP) is 3.50. The maximum atomic E-state index is 12.3. The van der Waals surface area contributed by atoms with Gasteiger partial charge in [0.1, 0.15) is 5.75 Å². The van der Waals surface area contributed by atoms with Crippen molar-refractivity contribution < 1.29 is 9.53 Å². The van der Waals surface area contributed by atoms with E-state index < -0.39 is 0 Å². The first kappa shape index (κ1) is 11.5. The van der Waals surface area contributed by atoms with Crippen molar-refractivity contribution in [3.05, 3.63) is 51.7 Å². The molecule has 92 valence electrons. The maximum absolute atomic E-state index is 12.3. The van der Waals surface area contributed by atoms with Crippen molar-refractivity contribution in [3.63, 3.8) is 0 Å². The van der Waals surface area contributed by atoms with Crippen LogP contribution in [-0.4, -0.2) is 11.9 Å². The van der Waals surface area contributed by atoms with Gasteiger partial charge in [0.15, 0.2) is 6.10 Å². The summed E-state index contributed by atoms with van der Waals surface area (Å²) >= 11 is 1.58. The molecule has 2 aromatic rings. The molecule has 0 spiro atoms. The maximum Gasteiger partial charge on any atom is 0.213 e. The molecule has 0 amide bonds. The van der Waals surface area contributed by atoms with Crippen molar-refractivity contribution >= 4 is 17.1 Å². The number of hydrogen-bond donors (Lipinski definition) is 0. The zero-order valence-electron chi connectivity index (χ0n) is 10.2. The second kappa shape index (κ2) is 4.58. The average Bonchev–Trinajstić information content (AvgIpc) is 3.04. The molecular formula is C15H14O2S. The fraction of sp³-hybridized carbons (Fsp3) is 0.267. The largest absolute Gasteiger partial charge is 0.482 e. The minimum absolute atomic E-state index is 0.107. The zero-order chi connectivity index (χ0) is 12.5. The number of thiophene rings is 1. The Kier molecular flexibility index (Phi) is 2.92. The number of para-hydroxylation sites is 1. The van der Waals surface area contributed by atoms with Gasteiger partial charge in [0.2, 0.25) is 5.78 Å². The normalized spacial score (nSPS) is 17.3. The van der Waals surface area contributed by atoms with Crippen molar-refractivity contribution in [2.45, 2.75) is 25.9 Å². The summed E-state index contributed by atoms with van der Waals surface area (Å²) in [5, 5.41) is 0. The van der Waals surface area contributed by atoms with Gasteiger partial charge in [0, 0.05) is 11.3 Å². The van der Waals surface area contributed by atoms with E-state index in [9.17, 15) is 4.79 Å². The van der Waals surface area contributed by atoms with Gasteiger partial charge in [-0.05, 0) is 30.2 Å². The Labute approximate surface area is 110 Å². The number of benzene rings is 1. The Balaban J connectivity index is 1.80. The number of rotatable bonds is 3. The van der Waals surface area contributed by atoms with E-state index in [-0.39, 0.29) is 11.9 Å². The van der Waals surface area contributed by atoms with Gasteiger partial charge in [-0.25, -0.2) is 0 Å². The van der Waals surface area contributed by atoms with Crippen LogP contribution in [-0.2, 0) is 12.8 Å². The standard InChI is InChI=1S/C15H14O2S/c1-2-11-7-8-14(18-11)15(16)13-9-10-5-3-4-6-12(10)17-13/h3-8,13H,2,9H2,1H3. The Hall–Kier alpha value is -1.61. The quantitative estimate of drug-likeness (QED) is 0.788. The highest BCUT2D eigenvalue weighted by Crippen LogP contribution is 2.30. The van der Waals surface area contributed by atoms with Crippen molar-refractivity contribution in [1.82, 2.24) is 0 Å². The molecule has 18 heavy (non-hydrogen) atoms. The monoisotopic (exact) mass is 258 g/mol. The van der Waals surface area contributed by atoms with Crippen molar-refractivity contribution in [3.8, 4) is 5.75 Å². The van der Waals surface area contributed by atoms with Gasteiger partial charge in [-0.1, -0.05) is 25.1 Å². The van der Waals surface area contributed by atoms with E-state index in [1.165, 1.54) is 4.88 Å². The van der Waals surface area contributed by atoms with E-state index >= 15 is 0 Å². The van der Waals surface area contributed by atoms with Crippen molar-refractivity contribution in [1.29, 1.82) is 0 Å². The lowest BCUT2D eigenvalue weighted by molar-refractivity contribution is 0.0829. The van der Waals surface area contributed by atoms with Crippen molar-refractivity contribution in [2.75, 3.05) is 0 Å². The van der Waals surface area contributed by atoms with Gasteiger partial charge in [-0.3, -0.25) is 4.79 Å². The Bertz CT molecular complexity index is 561. The summed E-state index contributed by atoms with van der Waals surface area (Å²) in [5.74, 6) is 0.957. The number of carbonyl (C=O) groups excluding carboxylic acids is 1. The van der Waals surface area contributed by atoms with E-state index in [0.29, 0.717) is 6.42 Å². The SMILES string of the molecule is CCc1ccc(C(=O)C2Cc3ccccc3O2)s1. The first-order valence-electron chi connectivity index (χ1n) is 6.15. The fourth-order valence-corrected chi connectivity index (χ4v) is 3.12. The highest BCUT2D eigenvalue weighted by atomic mass is 32.1. The van der Waals surface area contributed by atoms with Crippen LogP contribution in [0.4, 0.5) is 0 Å². The number of ether oxygens (including phenoxy) is 1. The molecule has 0 aliphatic carbocycles. The summed E-state index contributed by atoms with van der Waals surface area (Å²) in [6, 6.07) is 11.8. The van der Waals surface area contributed by atoms with Gasteiger partial charge in [-0.15, -0.1) is 11.3 Å². The first-order chi connectivity index (χ1) is 8.78. The summed E-state index contributed by atoms with van der Waals surface area (Å²) < 4.78 is 5.72. The summed E-state index contributed by atoms with van der Waals surface area (Å²) in [6.07, 6.45) is 1.32. The minimum Gasteiger partial charge on any atom is -0.482 e. The summed E-state index contributed by atoms with van der Waals surface area (Å²) in [5.41, 5.74) is 1.13. The van der Waals surface area contributed by atoms with Crippen LogP contribution in [0.5, 0.6) is 5.75 Å². The molecule has 1 unspecified atom stereocenters. The van der Waals surface area contributed by atoms with Crippen LogP contribution >= 0.6 is 11.3 Å². The highest BCUT2D eigenvalue weighted by molar-refractivity contribution is 7.14. The smallest absolute Gasteiger partial charge is 0.213 e. The number of carbonyl (C=O) groups is 1. The second-order valence-corrected chi connectivity index (χ2v) is 5.57. The number of hydrogen-bond acceptors (Lipinski definition) is 3. The van der Waals surface area contributed by atoms with E-state index in [1.54, 1.807) is 11.3 Å². The zero-order valence-corrected chi connectivity index (χ0v) is 11.0. The van der Waals surface area contributed by atoms with Gasteiger partial charge in [0.25, 0.3) is 0 Å². The summed E-state index contributed by atoms with van der Waals surface area (Å²) in [7, 11) is 0. The molecule has 0 saturated heterocycles.